The number of hydrogen-bond acceptors (Lipinski definition) is 3. The summed E-state index contributed by atoms with van der Waals surface area (Å²) < 4.78 is 0. The fraction of sp³-hybridized carbons (Fsp3) is 0.643. The Morgan fingerprint density at radius 2 is 1.95 bits per heavy atom. The normalized spacial score (nSPS) is 22.5. The van der Waals surface area contributed by atoms with Gasteiger partial charge in [0.2, 0.25) is 5.91 Å². The van der Waals surface area contributed by atoms with Gasteiger partial charge in [0.25, 0.3) is 5.91 Å². The van der Waals surface area contributed by atoms with E-state index < -0.39 is 23.3 Å². The van der Waals surface area contributed by atoms with Gasteiger partial charge in [-0.05, 0) is 25.7 Å². The second kappa shape index (κ2) is 10.1. The Morgan fingerprint density at radius 3 is 2.30 bits per heavy atom. The fourth-order valence-electron chi connectivity index (χ4n) is 2.30. The first-order valence-corrected chi connectivity index (χ1v) is 6.59. The standard InChI is InChI=1S/C11H18N2O3.C3H6.Na/c1-4-6-7(3)11(5-2)8(14)12-10(16)13-9(11)15;1-3-2;/h7H,4-6H2,1-3H3,(H2,12,13,14,15,16);3H,1H2,2H3;/q;;+1/p-1. The molecule has 1 aliphatic rings. The zero-order chi connectivity index (χ0) is 15.1. The van der Waals surface area contributed by atoms with Crippen LogP contribution >= 0.6 is 0 Å². The van der Waals surface area contributed by atoms with Crippen LogP contribution in [-0.2, 0) is 9.59 Å². The van der Waals surface area contributed by atoms with Gasteiger partial charge in [-0.15, -0.1) is 6.58 Å². The van der Waals surface area contributed by atoms with Gasteiger partial charge in [0.05, 0.1) is 6.02 Å². The molecule has 2 unspecified atom stereocenters. The van der Waals surface area contributed by atoms with Crippen molar-refractivity contribution in [2.75, 3.05) is 0 Å². The van der Waals surface area contributed by atoms with E-state index in [-0.39, 0.29) is 35.5 Å². The van der Waals surface area contributed by atoms with Gasteiger partial charge in [-0.3, -0.25) is 9.59 Å². The summed E-state index contributed by atoms with van der Waals surface area (Å²) in [5.41, 5.74) is -1.15. The van der Waals surface area contributed by atoms with Gasteiger partial charge >= 0.3 is 29.6 Å². The monoisotopic (exact) mass is 290 g/mol. The molecule has 0 aromatic heterocycles. The molecule has 0 spiro atoms. The van der Waals surface area contributed by atoms with Gasteiger partial charge in [-0.2, -0.15) is 0 Å². The molecular formula is C14H23N2NaO3. The van der Waals surface area contributed by atoms with Crippen LogP contribution in [0.25, 0.3) is 0 Å². The van der Waals surface area contributed by atoms with Crippen LogP contribution in [0.5, 0.6) is 0 Å². The molecule has 0 fully saturated rings. The van der Waals surface area contributed by atoms with Crippen LogP contribution in [0.4, 0.5) is 0 Å². The van der Waals surface area contributed by atoms with Crippen molar-refractivity contribution in [3.63, 3.8) is 0 Å². The molecule has 0 radical (unpaired) electrons. The Labute approximate surface area is 143 Å². The van der Waals surface area contributed by atoms with Crippen molar-refractivity contribution in [3.8, 4) is 0 Å². The maximum atomic E-state index is 11.9. The molecular weight excluding hydrogens is 267 g/mol. The van der Waals surface area contributed by atoms with E-state index in [0.29, 0.717) is 6.42 Å². The van der Waals surface area contributed by atoms with Crippen molar-refractivity contribution >= 4 is 17.8 Å². The van der Waals surface area contributed by atoms with E-state index in [1.54, 1.807) is 13.0 Å². The van der Waals surface area contributed by atoms with E-state index in [0.717, 1.165) is 12.8 Å². The number of amidine groups is 1. The molecule has 2 atom stereocenters. The molecule has 0 saturated carbocycles. The van der Waals surface area contributed by atoms with Crippen molar-refractivity contribution < 1.29 is 44.3 Å². The summed E-state index contributed by atoms with van der Waals surface area (Å²) in [6, 6.07) is -0.845. The fourth-order valence-corrected chi connectivity index (χ4v) is 2.30. The third-order valence-electron chi connectivity index (χ3n) is 3.33. The summed E-state index contributed by atoms with van der Waals surface area (Å²) in [6.07, 6.45) is 3.77. The number of carbonyl (C=O) groups is 2. The Balaban J connectivity index is 0. The third-order valence-corrected chi connectivity index (χ3v) is 3.33. The van der Waals surface area contributed by atoms with Crippen LogP contribution in [0.15, 0.2) is 17.6 Å². The Hall–Kier alpha value is -0.650. The van der Waals surface area contributed by atoms with Gasteiger partial charge in [-0.1, -0.05) is 33.3 Å². The van der Waals surface area contributed by atoms with E-state index in [4.69, 9.17) is 0 Å². The first kappa shape index (κ1) is 21.6. The number of nitrogens with zero attached hydrogens (tertiary/aromatic N) is 1. The summed E-state index contributed by atoms with van der Waals surface area (Å²) in [6.45, 7) is 10.9. The SMILES string of the molecule is C=CC.CCCC(C)C1(CC)C(=O)N=C([O-])NC1=O.[Na+]. The van der Waals surface area contributed by atoms with Crippen LogP contribution in [-0.4, -0.2) is 17.8 Å². The molecule has 0 bridgehead atoms. The molecule has 1 rings (SSSR count). The summed E-state index contributed by atoms with van der Waals surface area (Å²) in [5.74, 6) is -1.20. The summed E-state index contributed by atoms with van der Waals surface area (Å²) in [7, 11) is 0. The van der Waals surface area contributed by atoms with Gasteiger partial charge in [0, 0.05) is 0 Å². The molecule has 1 heterocycles. The van der Waals surface area contributed by atoms with Crippen molar-refractivity contribution in [3.05, 3.63) is 12.7 Å². The minimum Gasteiger partial charge on any atom is -0.846 e. The van der Waals surface area contributed by atoms with Crippen LogP contribution < -0.4 is 40.0 Å². The third kappa shape index (κ3) is 4.72. The largest absolute Gasteiger partial charge is 1.00 e. The zero-order valence-electron chi connectivity index (χ0n) is 13.2. The first-order valence-electron chi connectivity index (χ1n) is 6.59. The van der Waals surface area contributed by atoms with Crippen molar-refractivity contribution in [1.82, 2.24) is 5.32 Å². The second-order valence-corrected chi connectivity index (χ2v) is 4.60. The molecule has 0 aromatic carbocycles. The smallest absolute Gasteiger partial charge is 0.846 e. The van der Waals surface area contributed by atoms with Crippen molar-refractivity contribution in [1.29, 1.82) is 0 Å². The van der Waals surface area contributed by atoms with Crippen LogP contribution in [0.1, 0.15) is 47.0 Å². The number of hydrogen-bond donors (Lipinski definition) is 1. The maximum absolute atomic E-state index is 11.9. The average molecular weight is 290 g/mol. The Bertz CT molecular complexity index is 383. The molecule has 6 heteroatoms. The predicted octanol–water partition coefficient (Wildman–Crippen LogP) is -1.61. The minimum absolute atomic E-state index is 0. The molecule has 5 nitrogen and oxygen atoms in total. The molecule has 0 aromatic rings. The van der Waals surface area contributed by atoms with Crippen LogP contribution in [0, 0.1) is 11.3 Å². The van der Waals surface area contributed by atoms with Crippen LogP contribution in [0.3, 0.4) is 0 Å². The van der Waals surface area contributed by atoms with E-state index in [9.17, 15) is 14.7 Å². The first-order chi connectivity index (χ1) is 8.90. The molecule has 1 aliphatic heterocycles. The predicted molar refractivity (Wildman–Crippen MR) is 73.3 cm³/mol. The van der Waals surface area contributed by atoms with Crippen LogP contribution in [0.2, 0.25) is 0 Å². The van der Waals surface area contributed by atoms with E-state index >= 15 is 0 Å². The number of amides is 2. The number of aliphatic imine (C=N–C) groups is 1. The van der Waals surface area contributed by atoms with Crippen molar-refractivity contribution in [2.45, 2.75) is 47.0 Å². The average Bonchev–Trinajstić information content (AvgIpc) is 2.30. The van der Waals surface area contributed by atoms with Gasteiger partial charge < -0.3 is 10.4 Å². The topological polar surface area (TPSA) is 81.6 Å². The summed E-state index contributed by atoms with van der Waals surface area (Å²) in [5, 5.41) is 13.1. The van der Waals surface area contributed by atoms with Crippen molar-refractivity contribution in [2.24, 2.45) is 16.3 Å². The van der Waals surface area contributed by atoms with E-state index in [1.165, 1.54) is 0 Å². The van der Waals surface area contributed by atoms with Gasteiger partial charge in [-0.25, -0.2) is 4.99 Å². The number of allylic oxidation sites excluding steroid dienone is 1. The molecule has 0 aliphatic carbocycles. The van der Waals surface area contributed by atoms with Gasteiger partial charge in [0.1, 0.15) is 5.41 Å². The maximum Gasteiger partial charge on any atom is 1.00 e. The quantitative estimate of drug-likeness (QED) is 0.384. The van der Waals surface area contributed by atoms with E-state index in [1.807, 2.05) is 20.8 Å². The summed E-state index contributed by atoms with van der Waals surface area (Å²) in [4.78, 5) is 27.1. The van der Waals surface area contributed by atoms with E-state index in [2.05, 4.69) is 16.9 Å². The number of rotatable bonds is 4. The second-order valence-electron chi connectivity index (χ2n) is 4.60. The minimum atomic E-state index is -1.15. The Morgan fingerprint density at radius 1 is 1.45 bits per heavy atom. The molecule has 1 N–H and O–H groups in total. The van der Waals surface area contributed by atoms with Gasteiger partial charge in [0.15, 0.2) is 0 Å². The molecule has 0 saturated heterocycles. The Kier molecular flexibility index (Phi) is 11.0. The number of carbonyl (C=O) groups excluding carboxylic acids is 2. The molecule has 20 heavy (non-hydrogen) atoms. The summed E-state index contributed by atoms with van der Waals surface area (Å²) >= 11 is 0. The molecule has 108 valence electrons. The number of nitrogens with one attached hydrogen (secondary N) is 1. The zero-order valence-corrected chi connectivity index (χ0v) is 15.2. The molecule has 2 amide bonds.